The number of nitrogens with one attached hydrogen (secondary N) is 1. The molecule has 0 spiro atoms. The van der Waals surface area contributed by atoms with Crippen molar-refractivity contribution in [2.45, 2.75) is 45.2 Å². The Morgan fingerprint density at radius 1 is 0.815 bits per heavy atom. The van der Waals surface area contributed by atoms with Crippen LogP contribution in [0.2, 0.25) is 0 Å². The summed E-state index contributed by atoms with van der Waals surface area (Å²) in [5.41, 5.74) is 7.68. The summed E-state index contributed by atoms with van der Waals surface area (Å²) in [6, 6.07) is 24.0. The van der Waals surface area contributed by atoms with Crippen molar-refractivity contribution in [1.29, 1.82) is 0 Å². The van der Waals surface area contributed by atoms with Gasteiger partial charge in [-0.15, -0.1) is 0 Å². The highest BCUT2D eigenvalue weighted by Gasteiger charge is 2.11. The zero-order valence-electron chi connectivity index (χ0n) is 15.9. The first-order chi connectivity index (χ1) is 13.2. The van der Waals surface area contributed by atoms with Gasteiger partial charge in [0.2, 0.25) is 0 Å². The molecular weight excluding hydrogens is 330 g/mol. The average molecular weight is 357 g/mol. The zero-order valence-corrected chi connectivity index (χ0v) is 15.9. The maximum Gasteiger partial charge on any atom is 0.119 e. The van der Waals surface area contributed by atoms with Crippen LogP contribution in [0.5, 0.6) is 5.75 Å². The van der Waals surface area contributed by atoms with E-state index in [0.717, 1.165) is 37.8 Å². The Balaban J connectivity index is 1.55. The predicted molar refractivity (Wildman–Crippen MR) is 111 cm³/mol. The number of phenolic OH excluding ortho intramolecular Hbond substituents is 1. The highest BCUT2D eigenvalue weighted by molar-refractivity contribution is 5.40. The van der Waals surface area contributed by atoms with Gasteiger partial charge in [-0.25, -0.2) is 0 Å². The second-order valence-corrected chi connectivity index (χ2v) is 7.58. The van der Waals surface area contributed by atoms with Gasteiger partial charge in [0.15, 0.2) is 0 Å². The van der Waals surface area contributed by atoms with Gasteiger partial charge in [-0.3, -0.25) is 0 Å². The summed E-state index contributed by atoms with van der Waals surface area (Å²) in [6.07, 6.45) is 3.78. The van der Waals surface area contributed by atoms with E-state index < -0.39 is 0 Å². The third-order valence-corrected chi connectivity index (χ3v) is 5.68. The minimum Gasteiger partial charge on any atom is -0.508 e. The minimum atomic E-state index is 0.317. The summed E-state index contributed by atoms with van der Waals surface area (Å²) < 4.78 is 0. The monoisotopic (exact) mass is 357 g/mol. The van der Waals surface area contributed by atoms with Crippen molar-refractivity contribution in [2.24, 2.45) is 0 Å². The van der Waals surface area contributed by atoms with Crippen LogP contribution in [0.1, 0.15) is 46.3 Å². The number of benzene rings is 3. The summed E-state index contributed by atoms with van der Waals surface area (Å²) in [6.45, 7) is 3.08. The molecule has 3 aromatic rings. The van der Waals surface area contributed by atoms with Crippen LogP contribution in [0.3, 0.4) is 0 Å². The minimum absolute atomic E-state index is 0.317. The summed E-state index contributed by atoms with van der Waals surface area (Å²) >= 11 is 0. The lowest BCUT2D eigenvalue weighted by Crippen LogP contribution is -2.19. The Morgan fingerprint density at radius 2 is 1.48 bits per heavy atom. The summed E-state index contributed by atoms with van der Waals surface area (Å²) in [5, 5.41) is 14.0. The van der Waals surface area contributed by atoms with E-state index >= 15 is 0 Å². The fourth-order valence-corrected chi connectivity index (χ4v) is 3.90. The molecule has 138 valence electrons. The van der Waals surface area contributed by atoms with Crippen molar-refractivity contribution < 1.29 is 5.11 Å². The molecule has 4 bridgehead atoms. The van der Waals surface area contributed by atoms with E-state index in [0.29, 0.717) is 11.8 Å². The second kappa shape index (κ2) is 7.98. The molecule has 0 saturated heterocycles. The first kappa shape index (κ1) is 17.8. The third kappa shape index (κ3) is 4.23. The molecule has 27 heavy (non-hydrogen) atoms. The molecule has 0 aliphatic heterocycles. The third-order valence-electron chi connectivity index (χ3n) is 5.68. The summed E-state index contributed by atoms with van der Waals surface area (Å²) in [4.78, 5) is 0. The molecular formula is C25H27NO. The molecule has 2 heteroatoms. The number of aryl methyl sites for hydroxylation is 4. The molecule has 7 rings (SSSR count). The van der Waals surface area contributed by atoms with Crippen LogP contribution in [0.25, 0.3) is 0 Å². The van der Waals surface area contributed by atoms with Gasteiger partial charge in [-0.1, -0.05) is 60.7 Å². The standard InChI is InChI=1S/C25H27NO/c1-18(21-5-3-2-4-6-21)26-17-24-15-19-7-8-20-10-12-23(25(27)16-20)14-13-22(24)11-9-19/h2-6,9-12,15-16,18,26-27H,7-8,13-14,17H2,1H3. The van der Waals surface area contributed by atoms with E-state index in [9.17, 15) is 5.11 Å². The Kier molecular flexibility index (Phi) is 5.26. The lowest BCUT2D eigenvalue weighted by Gasteiger charge is -2.18. The van der Waals surface area contributed by atoms with Crippen molar-refractivity contribution >= 4 is 0 Å². The van der Waals surface area contributed by atoms with Crippen molar-refractivity contribution in [3.8, 4) is 5.75 Å². The molecule has 2 nitrogen and oxygen atoms in total. The lowest BCUT2D eigenvalue weighted by molar-refractivity contribution is 0.467. The molecule has 0 fully saturated rings. The van der Waals surface area contributed by atoms with E-state index in [2.05, 4.69) is 72.9 Å². The summed E-state index contributed by atoms with van der Waals surface area (Å²) in [7, 11) is 0. The van der Waals surface area contributed by atoms with Gasteiger partial charge < -0.3 is 10.4 Å². The maximum atomic E-state index is 10.3. The number of phenols is 1. The van der Waals surface area contributed by atoms with Gasteiger partial charge in [0.05, 0.1) is 0 Å². The average Bonchev–Trinajstić information content (AvgIpc) is 2.69. The molecule has 0 saturated carbocycles. The van der Waals surface area contributed by atoms with Crippen LogP contribution in [-0.2, 0) is 32.2 Å². The van der Waals surface area contributed by atoms with Crippen LogP contribution in [0.15, 0.2) is 66.7 Å². The fraction of sp³-hybridized carbons (Fsp3) is 0.280. The molecule has 1 atom stereocenters. The van der Waals surface area contributed by atoms with E-state index in [1.807, 2.05) is 6.07 Å². The molecule has 2 N–H and O–H groups in total. The smallest absolute Gasteiger partial charge is 0.119 e. The molecule has 3 aromatic carbocycles. The van der Waals surface area contributed by atoms with E-state index in [4.69, 9.17) is 0 Å². The van der Waals surface area contributed by atoms with E-state index in [1.165, 1.54) is 27.8 Å². The number of rotatable bonds is 4. The Labute approximate surface area is 161 Å². The molecule has 1 unspecified atom stereocenters. The van der Waals surface area contributed by atoms with Crippen LogP contribution in [0.4, 0.5) is 0 Å². The first-order valence-electron chi connectivity index (χ1n) is 9.89. The van der Waals surface area contributed by atoms with E-state index in [1.54, 1.807) is 0 Å². The Hall–Kier alpha value is -2.58. The van der Waals surface area contributed by atoms with Crippen LogP contribution < -0.4 is 5.32 Å². The largest absolute Gasteiger partial charge is 0.508 e. The quantitative estimate of drug-likeness (QED) is 0.679. The predicted octanol–water partition coefficient (Wildman–Crippen LogP) is 5.13. The first-order valence-corrected chi connectivity index (χ1v) is 9.89. The van der Waals surface area contributed by atoms with Crippen molar-refractivity contribution in [3.05, 3.63) is 100 Å². The number of hydrogen-bond donors (Lipinski definition) is 2. The molecule has 4 aliphatic rings. The van der Waals surface area contributed by atoms with Gasteiger partial charge >= 0.3 is 0 Å². The molecule has 0 radical (unpaired) electrons. The fourth-order valence-electron chi connectivity index (χ4n) is 3.90. The number of hydrogen-bond acceptors (Lipinski definition) is 2. The van der Waals surface area contributed by atoms with Crippen LogP contribution in [0, 0.1) is 0 Å². The van der Waals surface area contributed by atoms with Crippen LogP contribution >= 0.6 is 0 Å². The van der Waals surface area contributed by atoms with Gasteiger partial charge in [0, 0.05) is 12.6 Å². The van der Waals surface area contributed by atoms with Gasteiger partial charge in [-0.05, 0) is 72.1 Å². The molecule has 4 aliphatic carbocycles. The second-order valence-electron chi connectivity index (χ2n) is 7.58. The van der Waals surface area contributed by atoms with Gasteiger partial charge in [0.1, 0.15) is 5.75 Å². The number of aromatic hydroxyl groups is 1. The molecule has 0 amide bonds. The van der Waals surface area contributed by atoms with Crippen molar-refractivity contribution in [1.82, 2.24) is 5.32 Å². The van der Waals surface area contributed by atoms with Crippen molar-refractivity contribution in [2.75, 3.05) is 0 Å². The maximum absolute atomic E-state index is 10.3. The van der Waals surface area contributed by atoms with Gasteiger partial charge in [0.25, 0.3) is 0 Å². The SMILES string of the molecule is CC(NCc1cc2ccc1CCc1ccc(cc1O)CC2)c1ccccc1. The Morgan fingerprint density at radius 3 is 2.22 bits per heavy atom. The molecule has 0 heterocycles. The van der Waals surface area contributed by atoms with E-state index in [-0.39, 0.29) is 0 Å². The van der Waals surface area contributed by atoms with Crippen molar-refractivity contribution in [3.63, 3.8) is 0 Å². The lowest BCUT2D eigenvalue weighted by atomic mass is 9.92. The van der Waals surface area contributed by atoms with Crippen LogP contribution in [-0.4, -0.2) is 5.11 Å². The normalized spacial score (nSPS) is 14.6. The van der Waals surface area contributed by atoms with Gasteiger partial charge in [-0.2, -0.15) is 0 Å². The topological polar surface area (TPSA) is 32.3 Å². The zero-order chi connectivity index (χ0) is 18.6. The highest BCUT2D eigenvalue weighted by atomic mass is 16.3. The molecule has 0 aromatic heterocycles. The summed E-state index contributed by atoms with van der Waals surface area (Å²) in [5.74, 6) is 0.444. The highest BCUT2D eigenvalue weighted by Crippen LogP contribution is 2.25. The Bertz CT molecular complexity index is 917.